The second-order valence-corrected chi connectivity index (χ2v) is 6.42. The summed E-state index contributed by atoms with van der Waals surface area (Å²) in [6, 6.07) is 7.20. The zero-order valence-corrected chi connectivity index (χ0v) is 11.5. The van der Waals surface area contributed by atoms with Gasteiger partial charge in [0.15, 0.2) is 9.84 Å². The van der Waals surface area contributed by atoms with E-state index in [2.05, 4.69) is 5.32 Å². The van der Waals surface area contributed by atoms with Crippen molar-refractivity contribution < 1.29 is 8.42 Å². The summed E-state index contributed by atoms with van der Waals surface area (Å²) >= 11 is 0. The van der Waals surface area contributed by atoms with Crippen LogP contribution in [-0.4, -0.2) is 26.8 Å². The number of rotatable bonds is 3. The molecule has 1 fully saturated rings. The molecule has 1 unspecified atom stereocenters. The van der Waals surface area contributed by atoms with Gasteiger partial charge in [0.2, 0.25) is 0 Å². The van der Waals surface area contributed by atoms with Crippen molar-refractivity contribution in [3.63, 3.8) is 0 Å². The second-order valence-electron chi connectivity index (χ2n) is 4.39. The zero-order valence-electron chi connectivity index (χ0n) is 9.85. The van der Waals surface area contributed by atoms with Crippen LogP contribution in [0.3, 0.4) is 0 Å². The molecule has 0 saturated carbocycles. The molecule has 0 amide bonds. The number of nitrogens with one attached hydrogen (secondary N) is 1. The number of hydrogen-bond donors (Lipinski definition) is 1. The van der Waals surface area contributed by atoms with Gasteiger partial charge in [-0.3, -0.25) is 0 Å². The third-order valence-corrected chi connectivity index (χ3v) is 4.79. The summed E-state index contributed by atoms with van der Waals surface area (Å²) in [6.45, 7) is 2.89. The van der Waals surface area contributed by atoms with Gasteiger partial charge < -0.3 is 5.32 Å². The third-order valence-electron chi connectivity index (χ3n) is 2.96. The maximum absolute atomic E-state index is 12.1. The van der Waals surface area contributed by atoms with Gasteiger partial charge in [-0.1, -0.05) is 17.7 Å². The molecule has 1 heterocycles. The van der Waals surface area contributed by atoms with Crippen LogP contribution < -0.4 is 5.32 Å². The summed E-state index contributed by atoms with van der Waals surface area (Å²) in [5.74, 6) is 0.218. The van der Waals surface area contributed by atoms with Gasteiger partial charge in [-0.15, -0.1) is 12.4 Å². The average molecular weight is 276 g/mol. The lowest BCUT2D eigenvalue weighted by molar-refractivity contribution is 0.577. The van der Waals surface area contributed by atoms with Gasteiger partial charge in [-0.2, -0.15) is 0 Å². The van der Waals surface area contributed by atoms with Crippen LogP contribution in [-0.2, 0) is 9.84 Å². The fourth-order valence-electron chi connectivity index (χ4n) is 2.01. The van der Waals surface area contributed by atoms with Crippen LogP contribution in [0, 0.1) is 6.92 Å². The van der Waals surface area contributed by atoms with Crippen LogP contribution >= 0.6 is 12.4 Å². The van der Waals surface area contributed by atoms with Gasteiger partial charge in [0.05, 0.1) is 10.6 Å². The minimum absolute atomic E-state index is 0. The predicted octanol–water partition coefficient (Wildman–Crippen LogP) is 1.94. The molecule has 2 rings (SSSR count). The van der Waals surface area contributed by atoms with Crippen molar-refractivity contribution >= 4 is 22.2 Å². The number of halogens is 1. The number of sulfone groups is 1. The Morgan fingerprint density at radius 2 is 1.94 bits per heavy atom. The topological polar surface area (TPSA) is 46.2 Å². The minimum atomic E-state index is -3.12. The Morgan fingerprint density at radius 3 is 2.47 bits per heavy atom. The van der Waals surface area contributed by atoms with Gasteiger partial charge in [0.1, 0.15) is 0 Å². The van der Waals surface area contributed by atoms with Crippen LogP contribution in [0.1, 0.15) is 18.4 Å². The quantitative estimate of drug-likeness (QED) is 0.917. The molecule has 17 heavy (non-hydrogen) atoms. The van der Waals surface area contributed by atoms with E-state index in [1.165, 1.54) is 0 Å². The van der Waals surface area contributed by atoms with Gasteiger partial charge in [-0.25, -0.2) is 8.42 Å². The molecular weight excluding hydrogens is 258 g/mol. The van der Waals surface area contributed by atoms with Crippen LogP contribution in [0.25, 0.3) is 0 Å². The summed E-state index contributed by atoms with van der Waals surface area (Å²) in [7, 11) is -3.12. The zero-order chi connectivity index (χ0) is 11.6. The second kappa shape index (κ2) is 5.85. The first-order valence-corrected chi connectivity index (χ1v) is 7.26. The van der Waals surface area contributed by atoms with Crippen molar-refractivity contribution in [2.24, 2.45) is 0 Å². The van der Waals surface area contributed by atoms with Gasteiger partial charge in [-0.05, 0) is 38.4 Å². The molecule has 1 aromatic carbocycles. The maximum atomic E-state index is 12.1. The van der Waals surface area contributed by atoms with Crippen molar-refractivity contribution in [3.05, 3.63) is 29.8 Å². The standard InChI is InChI=1S/C12H17NO2S.ClH/c1-10-4-6-12(7-5-10)16(14,15)9-11-3-2-8-13-11;/h4-7,11,13H,2-3,8-9H2,1H3;1H. The molecule has 1 aromatic rings. The van der Waals surface area contributed by atoms with Crippen LogP contribution in [0.4, 0.5) is 0 Å². The summed E-state index contributed by atoms with van der Waals surface area (Å²) in [5, 5.41) is 3.21. The van der Waals surface area contributed by atoms with Crippen molar-refractivity contribution in [1.29, 1.82) is 0 Å². The molecular formula is C12H18ClNO2S. The van der Waals surface area contributed by atoms with E-state index in [4.69, 9.17) is 0 Å². The van der Waals surface area contributed by atoms with Gasteiger partial charge in [0.25, 0.3) is 0 Å². The molecule has 0 bridgehead atoms. The Labute approximate surface area is 109 Å². The van der Waals surface area contributed by atoms with Crippen molar-refractivity contribution in [2.75, 3.05) is 12.3 Å². The van der Waals surface area contributed by atoms with E-state index in [1.54, 1.807) is 12.1 Å². The molecule has 1 aliphatic heterocycles. The van der Waals surface area contributed by atoms with E-state index in [0.717, 1.165) is 24.9 Å². The molecule has 1 N–H and O–H groups in total. The smallest absolute Gasteiger partial charge is 0.179 e. The highest BCUT2D eigenvalue weighted by Gasteiger charge is 2.23. The number of hydrogen-bond acceptors (Lipinski definition) is 3. The summed E-state index contributed by atoms with van der Waals surface area (Å²) < 4.78 is 24.1. The van der Waals surface area contributed by atoms with E-state index in [1.807, 2.05) is 19.1 Å². The fraction of sp³-hybridized carbons (Fsp3) is 0.500. The van der Waals surface area contributed by atoms with Gasteiger partial charge >= 0.3 is 0 Å². The molecule has 1 aliphatic rings. The van der Waals surface area contributed by atoms with Crippen LogP contribution in [0.15, 0.2) is 29.2 Å². The fourth-order valence-corrected chi connectivity index (χ4v) is 3.56. The minimum Gasteiger partial charge on any atom is -0.313 e. The first kappa shape index (κ1) is 14.5. The normalized spacial score (nSPS) is 19.9. The first-order valence-electron chi connectivity index (χ1n) is 5.61. The number of benzene rings is 1. The monoisotopic (exact) mass is 275 g/mol. The van der Waals surface area contributed by atoms with Crippen molar-refractivity contribution in [1.82, 2.24) is 5.32 Å². The van der Waals surface area contributed by atoms with Gasteiger partial charge in [0, 0.05) is 6.04 Å². The molecule has 0 aliphatic carbocycles. The van der Waals surface area contributed by atoms with Crippen molar-refractivity contribution in [3.8, 4) is 0 Å². The highest BCUT2D eigenvalue weighted by molar-refractivity contribution is 7.91. The molecule has 0 radical (unpaired) electrons. The maximum Gasteiger partial charge on any atom is 0.179 e. The lowest BCUT2D eigenvalue weighted by atomic mass is 10.2. The van der Waals surface area contributed by atoms with E-state index < -0.39 is 9.84 Å². The van der Waals surface area contributed by atoms with E-state index >= 15 is 0 Å². The Bertz CT molecular complexity index is 450. The molecule has 3 nitrogen and oxygen atoms in total. The Kier molecular flexibility index (Phi) is 4.98. The summed E-state index contributed by atoms with van der Waals surface area (Å²) in [5.41, 5.74) is 1.08. The number of aryl methyl sites for hydroxylation is 1. The Morgan fingerprint density at radius 1 is 1.29 bits per heavy atom. The highest BCUT2D eigenvalue weighted by Crippen LogP contribution is 2.16. The van der Waals surface area contributed by atoms with Crippen molar-refractivity contribution in [2.45, 2.75) is 30.7 Å². The lowest BCUT2D eigenvalue weighted by Gasteiger charge is -2.10. The SMILES string of the molecule is Cc1ccc(S(=O)(=O)CC2CCCN2)cc1.Cl. The van der Waals surface area contributed by atoms with Crippen LogP contribution in [0.5, 0.6) is 0 Å². The largest absolute Gasteiger partial charge is 0.313 e. The van der Waals surface area contributed by atoms with E-state index in [-0.39, 0.29) is 24.2 Å². The molecule has 96 valence electrons. The molecule has 1 saturated heterocycles. The summed E-state index contributed by atoms with van der Waals surface area (Å²) in [6.07, 6.45) is 2.04. The van der Waals surface area contributed by atoms with E-state index in [0.29, 0.717) is 4.90 Å². The molecule has 0 aromatic heterocycles. The molecule has 5 heteroatoms. The molecule has 1 atom stereocenters. The highest BCUT2D eigenvalue weighted by atomic mass is 35.5. The molecule has 0 spiro atoms. The predicted molar refractivity (Wildman–Crippen MR) is 71.5 cm³/mol. The first-order chi connectivity index (χ1) is 7.58. The van der Waals surface area contributed by atoms with Crippen LogP contribution in [0.2, 0.25) is 0 Å². The lowest BCUT2D eigenvalue weighted by Crippen LogP contribution is -2.29. The van der Waals surface area contributed by atoms with E-state index in [9.17, 15) is 8.42 Å². The Hall–Kier alpha value is -0.580. The summed E-state index contributed by atoms with van der Waals surface area (Å²) in [4.78, 5) is 0.437. The average Bonchev–Trinajstić information content (AvgIpc) is 2.70. The Balaban J connectivity index is 0.00000144. The third kappa shape index (κ3) is 3.69.